The molecule has 2 saturated carbocycles. The number of rotatable bonds is 0. The second kappa shape index (κ2) is 1.82. The van der Waals surface area contributed by atoms with Crippen molar-refractivity contribution in [1.82, 2.24) is 0 Å². The molecule has 0 amide bonds. The van der Waals surface area contributed by atoms with Crippen LogP contribution in [0.5, 0.6) is 0 Å². The number of hydrogen-bond donors (Lipinski definition) is 1. The summed E-state index contributed by atoms with van der Waals surface area (Å²) in [5.74, 6) is 0.576. The predicted molar refractivity (Wildman–Crippen MR) is 45.2 cm³/mol. The summed E-state index contributed by atoms with van der Waals surface area (Å²) < 4.78 is 0. The van der Waals surface area contributed by atoms with Gasteiger partial charge in [-0.3, -0.25) is 0 Å². The summed E-state index contributed by atoms with van der Waals surface area (Å²) in [6.07, 6.45) is 3.58. The average molecular weight is 154 g/mol. The van der Waals surface area contributed by atoms with Crippen LogP contribution >= 0.6 is 0 Å². The normalized spacial score (nSPS) is 53.5. The molecule has 0 unspecified atom stereocenters. The lowest BCUT2D eigenvalue weighted by Crippen LogP contribution is -2.26. The van der Waals surface area contributed by atoms with Gasteiger partial charge in [0, 0.05) is 0 Å². The molecule has 2 bridgehead atoms. The van der Waals surface area contributed by atoms with E-state index in [9.17, 15) is 5.11 Å². The minimum Gasteiger partial charge on any atom is -0.393 e. The molecule has 3 atom stereocenters. The largest absolute Gasteiger partial charge is 0.393 e. The summed E-state index contributed by atoms with van der Waals surface area (Å²) in [5.41, 5.74) is 0.809. The Morgan fingerprint density at radius 1 is 1.27 bits per heavy atom. The minimum absolute atomic E-state index is 0.0104. The van der Waals surface area contributed by atoms with Crippen molar-refractivity contribution in [2.24, 2.45) is 16.7 Å². The van der Waals surface area contributed by atoms with Crippen molar-refractivity contribution in [2.75, 3.05) is 0 Å². The van der Waals surface area contributed by atoms with Crippen LogP contribution in [-0.4, -0.2) is 11.2 Å². The van der Waals surface area contributed by atoms with Crippen molar-refractivity contribution in [3.63, 3.8) is 0 Å². The SMILES string of the molecule is CC1(C)[C@@H]2CC[C@@]1(C)C[C@H]2O. The smallest absolute Gasteiger partial charge is 0.0579 e. The van der Waals surface area contributed by atoms with Crippen LogP contribution in [0.15, 0.2) is 0 Å². The fraction of sp³-hybridized carbons (Fsp3) is 1.00. The van der Waals surface area contributed by atoms with E-state index < -0.39 is 0 Å². The zero-order valence-corrected chi connectivity index (χ0v) is 7.72. The van der Waals surface area contributed by atoms with E-state index in [-0.39, 0.29) is 6.10 Å². The molecule has 0 aromatic rings. The fourth-order valence-corrected chi connectivity index (χ4v) is 3.25. The van der Waals surface area contributed by atoms with Crippen LogP contribution in [0.4, 0.5) is 0 Å². The molecule has 64 valence electrons. The Morgan fingerprint density at radius 2 is 1.91 bits per heavy atom. The first-order valence-corrected chi connectivity index (χ1v) is 4.65. The molecule has 1 heteroatoms. The standard InChI is InChI=1S/C10H18O/c1-9(2)7-4-5-10(9,3)6-8(7)11/h7-8,11H,4-6H2,1-3H3/t7-,8-,10+/m1/s1. The first-order valence-electron chi connectivity index (χ1n) is 4.65. The second-order valence-corrected chi connectivity index (χ2v) is 5.20. The molecule has 0 aliphatic heterocycles. The number of aliphatic hydroxyl groups excluding tert-OH is 1. The Hall–Kier alpha value is -0.0400. The minimum atomic E-state index is -0.0104. The van der Waals surface area contributed by atoms with Crippen LogP contribution in [0.1, 0.15) is 40.0 Å². The summed E-state index contributed by atoms with van der Waals surface area (Å²) in [6.45, 7) is 6.98. The van der Waals surface area contributed by atoms with Gasteiger partial charge in [-0.1, -0.05) is 20.8 Å². The van der Waals surface area contributed by atoms with E-state index in [4.69, 9.17) is 0 Å². The Balaban J connectivity index is 2.37. The van der Waals surface area contributed by atoms with Crippen LogP contribution in [0.2, 0.25) is 0 Å². The molecule has 0 aromatic heterocycles. The Bertz CT molecular complexity index is 183. The fourth-order valence-electron chi connectivity index (χ4n) is 3.25. The van der Waals surface area contributed by atoms with Gasteiger partial charge in [-0.25, -0.2) is 0 Å². The van der Waals surface area contributed by atoms with Crippen LogP contribution in [-0.2, 0) is 0 Å². The molecule has 0 aromatic carbocycles. The summed E-state index contributed by atoms with van der Waals surface area (Å²) in [6, 6.07) is 0. The van der Waals surface area contributed by atoms with E-state index >= 15 is 0 Å². The summed E-state index contributed by atoms with van der Waals surface area (Å²) in [7, 11) is 0. The number of aliphatic hydroxyl groups is 1. The molecule has 2 rings (SSSR count). The quantitative estimate of drug-likeness (QED) is 0.567. The van der Waals surface area contributed by atoms with E-state index in [1.165, 1.54) is 12.8 Å². The lowest BCUT2D eigenvalue weighted by atomic mass is 9.71. The van der Waals surface area contributed by atoms with Crippen molar-refractivity contribution in [3.05, 3.63) is 0 Å². The lowest BCUT2D eigenvalue weighted by molar-refractivity contribution is 0.0941. The van der Waals surface area contributed by atoms with Crippen molar-refractivity contribution >= 4 is 0 Å². The molecular weight excluding hydrogens is 136 g/mol. The highest BCUT2D eigenvalue weighted by atomic mass is 16.3. The van der Waals surface area contributed by atoms with E-state index in [1.54, 1.807) is 0 Å². The highest BCUT2D eigenvalue weighted by Gasteiger charge is 2.59. The topological polar surface area (TPSA) is 20.2 Å². The highest BCUT2D eigenvalue weighted by molar-refractivity contribution is 5.09. The second-order valence-electron chi connectivity index (χ2n) is 5.20. The van der Waals surface area contributed by atoms with E-state index in [1.807, 2.05) is 0 Å². The zero-order chi connectivity index (χ0) is 8.28. The van der Waals surface area contributed by atoms with E-state index in [0.29, 0.717) is 16.7 Å². The molecule has 2 aliphatic rings. The van der Waals surface area contributed by atoms with Gasteiger partial charge in [0.2, 0.25) is 0 Å². The maximum Gasteiger partial charge on any atom is 0.0579 e. The van der Waals surface area contributed by atoms with Crippen molar-refractivity contribution in [2.45, 2.75) is 46.1 Å². The van der Waals surface area contributed by atoms with Crippen molar-refractivity contribution < 1.29 is 5.11 Å². The van der Waals surface area contributed by atoms with Gasteiger partial charge >= 0.3 is 0 Å². The lowest BCUT2D eigenvalue weighted by Gasteiger charge is -2.33. The first kappa shape index (κ1) is 7.60. The molecule has 0 heterocycles. The zero-order valence-electron chi connectivity index (χ0n) is 7.72. The van der Waals surface area contributed by atoms with E-state index in [2.05, 4.69) is 20.8 Å². The predicted octanol–water partition coefficient (Wildman–Crippen LogP) is 2.19. The molecule has 2 fully saturated rings. The van der Waals surface area contributed by atoms with Crippen LogP contribution in [0.3, 0.4) is 0 Å². The van der Waals surface area contributed by atoms with Crippen LogP contribution < -0.4 is 0 Å². The van der Waals surface area contributed by atoms with Gasteiger partial charge in [-0.15, -0.1) is 0 Å². The molecule has 0 saturated heterocycles. The highest BCUT2D eigenvalue weighted by Crippen LogP contribution is 2.65. The van der Waals surface area contributed by atoms with Gasteiger partial charge in [0.05, 0.1) is 6.10 Å². The molecular formula is C10H18O. The van der Waals surface area contributed by atoms with Crippen LogP contribution in [0.25, 0.3) is 0 Å². The molecule has 2 aliphatic carbocycles. The maximum absolute atomic E-state index is 9.72. The third-order valence-electron chi connectivity index (χ3n) is 4.61. The van der Waals surface area contributed by atoms with Gasteiger partial charge in [0.25, 0.3) is 0 Å². The van der Waals surface area contributed by atoms with Gasteiger partial charge in [-0.2, -0.15) is 0 Å². The molecule has 0 radical (unpaired) electrons. The average Bonchev–Trinajstić information content (AvgIpc) is 2.13. The van der Waals surface area contributed by atoms with Crippen molar-refractivity contribution in [1.29, 1.82) is 0 Å². The third kappa shape index (κ3) is 0.703. The molecule has 1 N–H and O–H groups in total. The van der Waals surface area contributed by atoms with Gasteiger partial charge in [0.15, 0.2) is 0 Å². The number of fused-ring (bicyclic) bond motifs is 2. The van der Waals surface area contributed by atoms with Gasteiger partial charge in [0.1, 0.15) is 0 Å². The van der Waals surface area contributed by atoms with E-state index in [0.717, 1.165) is 6.42 Å². The Labute approximate surface area is 68.8 Å². The molecule has 1 nitrogen and oxygen atoms in total. The van der Waals surface area contributed by atoms with Crippen LogP contribution in [0, 0.1) is 16.7 Å². The first-order chi connectivity index (χ1) is 4.97. The third-order valence-corrected chi connectivity index (χ3v) is 4.61. The van der Waals surface area contributed by atoms with Gasteiger partial charge < -0.3 is 5.11 Å². The number of hydrogen-bond acceptors (Lipinski definition) is 1. The molecule has 0 spiro atoms. The summed E-state index contributed by atoms with van der Waals surface area (Å²) in [4.78, 5) is 0. The van der Waals surface area contributed by atoms with Crippen molar-refractivity contribution in [3.8, 4) is 0 Å². The summed E-state index contributed by atoms with van der Waals surface area (Å²) in [5, 5.41) is 9.72. The maximum atomic E-state index is 9.72. The van der Waals surface area contributed by atoms with Gasteiger partial charge in [-0.05, 0) is 36.0 Å². The Morgan fingerprint density at radius 3 is 2.09 bits per heavy atom. The summed E-state index contributed by atoms with van der Waals surface area (Å²) >= 11 is 0. The Kier molecular flexibility index (Phi) is 1.26. The monoisotopic (exact) mass is 154 g/mol. The molecule has 11 heavy (non-hydrogen) atoms.